The fraction of sp³-hybridized carbons (Fsp3) is 0.0909. The van der Waals surface area contributed by atoms with Gasteiger partial charge in [-0.3, -0.25) is 20.2 Å². The lowest BCUT2D eigenvalue weighted by Crippen LogP contribution is -1.91. The smallest absolute Gasteiger partial charge is 0.0916 e. The number of hydrogen-bond acceptors (Lipinski definition) is 6. The summed E-state index contributed by atoms with van der Waals surface area (Å²) < 4.78 is 0. The van der Waals surface area contributed by atoms with Gasteiger partial charge in [-0.05, 0) is 50.6 Å². The highest BCUT2D eigenvalue weighted by molar-refractivity contribution is 5.94. The van der Waals surface area contributed by atoms with Crippen molar-refractivity contribution in [3.63, 3.8) is 0 Å². The van der Waals surface area contributed by atoms with Crippen molar-refractivity contribution in [3.05, 3.63) is 108 Å². The Labute approximate surface area is 235 Å². The molecule has 198 valence electrons. The number of nitrogens with zero attached hydrogens (tertiary/aromatic N) is 6. The standard InChI is InChI=1S/C17H14N4.C16H12N4/c1-10-3-4-13(11(2)5-10)17-9-18-15-7-14-12(8-19-21-14)6-16(15)20-17;1-10-2-4-11(5-3-10)16-9-17-14-6-12-8-18-20-13(12)7-15(14)19-16/h3-9H,1-2H3,(H,19,21);2-9H,1H3,(H,18,20). The molecule has 41 heavy (non-hydrogen) atoms. The van der Waals surface area contributed by atoms with E-state index in [2.05, 4.69) is 93.6 Å². The molecule has 0 spiro atoms. The van der Waals surface area contributed by atoms with Crippen LogP contribution in [0.4, 0.5) is 0 Å². The van der Waals surface area contributed by atoms with Crippen LogP contribution < -0.4 is 0 Å². The zero-order valence-electron chi connectivity index (χ0n) is 22.8. The Morgan fingerprint density at radius 3 is 1.78 bits per heavy atom. The molecule has 4 aromatic carbocycles. The highest BCUT2D eigenvalue weighted by atomic mass is 15.1. The van der Waals surface area contributed by atoms with Crippen LogP contribution in [0.1, 0.15) is 16.7 Å². The predicted octanol–water partition coefficient (Wildman–Crippen LogP) is 7.27. The van der Waals surface area contributed by atoms with Crippen LogP contribution in [0.25, 0.3) is 66.4 Å². The van der Waals surface area contributed by atoms with E-state index in [4.69, 9.17) is 9.97 Å². The molecule has 4 heterocycles. The maximum atomic E-state index is 4.76. The van der Waals surface area contributed by atoms with Crippen LogP contribution in [0.5, 0.6) is 0 Å². The summed E-state index contributed by atoms with van der Waals surface area (Å²) in [7, 11) is 0. The minimum Gasteiger partial charge on any atom is -0.278 e. The molecular formula is C33H26N8. The first-order valence-corrected chi connectivity index (χ1v) is 13.3. The molecule has 8 aromatic rings. The average Bonchev–Trinajstić information content (AvgIpc) is 3.63. The first kappa shape index (κ1) is 24.5. The van der Waals surface area contributed by atoms with Gasteiger partial charge in [0.15, 0.2) is 0 Å². The van der Waals surface area contributed by atoms with Gasteiger partial charge in [0, 0.05) is 21.9 Å². The fourth-order valence-corrected chi connectivity index (χ4v) is 4.99. The van der Waals surface area contributed by atoms with E-state index in [9.17, 15) is 0 Å². The van der Waals surface area contributed by atoms with Crippen LogP contribution in [0.2, 0.25) is 0 Å². The third kappa shape index (κ3) is 4.76. The van der Waals surface area contributed by atoms with Crippen molar-refractivity contribution in [3.8, 4) is 22.5 Å². The van der Waals surface area contributed by atoms with Gasteiger partial charge in [-0.25, -0.2) is 9.97 Å². The summed E-state index contributed by atoms with van der Waals surface area (Å²) in [5, 5.41) is 16.1. The second kappa shape index (κ2) is 9.91. The van der Waals surface area contributed by atoms with E-state index in [0.717, 1.165) is 66.4 Å². The third-order valence-corrected chi connectivity index (χ3v) is 7.21. The van der Waals surface area contributed by atoms with Gasteiger partial charge in [0.2, 0.25) is 0 Å². The Balaban J connectivity index is 0.000000135. The van der Waals surface area contributed by atoms with Gasteiger partial charge in [0.1, 0.15) is 0 Å². The van der Waals surface area contributed by atoms with Crippen LogP contribution in [-0.2, 0) is 0 Å². The Morgan fingerprint density at radius 1 is 0.512 bits per heavy atom. The SMILES string of the molecule is Cc1ccc(-c2cnc3cc4[nH]ncc4cc3n2)c(C)c1.Cc1ccc(-c2cnc3cc4cn[nH]c4cc3n2)cc1. The van der Waals surface area contributed by atoms with E-state index in [1.54, 1.807) is 12.4 Å². The van der Waals surface area contributed by atoms with E-state index < -0.39 is 0 Å². The fourth-order valence-electron chi connectivity index (χ4n) is 4.99. The molecule has 0 atom stereocenters. The van der Waals surface area contributed by atoms with Gasteiger partial charge >= 0.3 is 0 Å². The number of nitrogens with one attached hydrogen (secondary N) is 2. The lowest BCUT2D eigenvalue weighted by atomic mass is 10.0. The minimum absolute atomic E-state index is 0.875. The highest BCUT2D eigenvalue weighted by Gasteiger charge is 2.08. The summed E-state index contributed by atoms with van der Waals surface area (Å²) in [6.07, 6.45) is 7.26. The molecule has 0 aliphatic rings. The molecule has 4 aromatic heterocycles. The lowest BCUT2D eigenvalue weighted by Gasteiger charge is -2.07. The van der Waals surface area contributed by atoms with Crippen molar-refractivity contribution in [2.45, 2.75) is 20.8 Å². The van der Waals surface area contributed by atoms with Gasteiger partial charge in [0.05, 0.1) is 69.3 Å². The van der Waals surface area contributed by atoms with Crippen molar-refractivity contribution in [2.24, 2.45) is 0 Å². The first-order chi connectivity index (χ1) is 20.0. The molecule has 0 radical (unpaired) electrons. The maximum absolute atomic E-state index is 4.76. The summed E-state index contributed by atoms with van der Waals surface area (Å²) in [6, 6.07) is 22.7. The summed E-state index contributed by atoms with van der Waals surface area (Å²) in [6.45, 7) is 6.27. The molecule has 8 heteroatoms. The van der Waals surface area contributed by atoms with Crippen molar-refractivity contribution >= 4 is 43.9 Å². The van der Waals surface area contributed by atoms with Crippen LogP contribution in [-0.4, -0.2) is 40.3 Å². The number of benzene rings is 4. The van der Waals surface area contributed by atoms with E-state index in [1.807, 2.05) is 36.7 Å². The Kier molecular flexibility index (Phi) is 5.93. The minimum atomic E-state index is 0.875. The predicted molar refractivity (Wildman–Crippen MR) is 163 cm³/mol. The lowest BCUT2D eigenvalue weighted by molar-refractivity contribution is 1.12. The molecule has 8 rings (SSSR count). The average molecular weight is 535 g/mol. The molecule has 0 amide bonds. The third-order valence-electron chi connectivity index (χ3n) is 7.21. The van der Waals surface area contributed by atoms with E-state index >= 15 is 0 Å². The van der Waals surface area contributed by atoms with Crippen molar-refractivity contribution in [2.75, 3.05) is 0 Å². The number of aromatic nitrogens is 8. The van der Waals surface area contributed by atoms with Crippen molar-refractivity contribution in [1.82, 2.24) is 40.3 Å². The number of aromatic amines is 2. The second-order valence-corrected chi connectivity index (χ2v) is 10.3. The maximum Gasteiger partial charge on any atom is 0.0916 e. The summed E-state index contributed by atoms with van der Waals surface area (Å²) >= 11 is 0. The molecule has 2 N–H and O–H groups in total. The van der Waals surface area contributed by atoms with Gasteiger partial charge < -0.3 is 0 Å². The van der Waals surface area contributed by atoms with Gasteiger partial charge in [-0.1, -0.05) is 53.6 Å². The zero-order valence-corrected chi connectivity index (χ0v) is 22.8. The van der Waals surface area contributed by atoms with Gasteiger partial charge in [0.25, 0.3) is 0 Å². The van der Waals surface area contributed by atoms with Crippen LogP contribution >= 0.6 is 0 Å². The van der Waals surface area contributed by atoms with Crippen LogP contribution in [0, 0.1) is 20.8 Å². The highest BCUT2D eigenvalue weighted by Crippen LogP contribution is 2.26. The van der Waals surface area contributed by atoms with Gasteiger partial charge in [-0.15, -0.1) is 0 Å². The summed E-state index contributed by atoms with van der Waals surface area (Å²) in [5.74, 6) is 0. The van der Waals surface area contributed by atoms with E-state index in [1.165, 1.54) is 16.7 Å². The quantitative estimate of drug-likeness (QED) is 0.241. The number of hydrogen-bond donors (Lipinski definition) is 2. The Hall–Kier alpha value is -5.50. The monoisotopic (exact) mass is 534 g/mol. The van der Waals surface area contributed by atoms with E-state index in [0.29, 0.717) is 0 Å². The first-order valence-electron chi connectivity index (χ1n) is 13.3. The molecule has 0 bridgehead atoms. The molecule has 0 saturated heterocycles. The molecular weight excluding hydrogens is 508 g/mol. The van der Waals surface area contributed by atoms with Crippen molar-refractivity contribution < 1.29 is 0 Å². The second-order valence-electron chi connectivity index (χ2n) is 10.3. The Morgan fingerprint density at radius 2 is 1.07 bits per heavy atom. The largest absolute Gasteiger partial charge is 0.278 e. The molecule has 0 fully saturated rings. The number of H-pyrrole nitrogens is 2. The molecule has 0 aliphatic carbocycles. The molecule has 0 saturated carbocycles. The number of rotatable bonds is 2. The molecule has 8 nitrogen and oxygen atoms in total. The van der Waals surface area contributed by atoms with Gasteiger partial charge in [-0.2, -0.15) is 10.2 Å². The molecule has 0 unspecified atom stereocenters. The number of fused-ring (bicyclic) bond motifs is 4. The number of aryl methyl sites for hydroxylation is 3. The van der Waals surface area contributed by atoms with Crippen LogP contribution in [0.3, 0.4) is 0 Å². The molecule has 0 aliphatic heterocycles. The summed E-state index contributed by atoms with van der Waals surface area (Å²) in [5.41, 5.74) is 13.2. The summed E-state index contributed by atoms with van der Waals surface area (Å²) in [4.78, 5) is 18.5. The van der Waals surface area contributed by atoms with Crippen LogP contribution in [0.15, 0.2) is 91.5 Å². The van der Waals surface area contributed by atoms with E-state index in [-0.39, 0.29) is 0 Å². The normalized spacial score (nSPS) is 11.3. The zero-order chi connectivity index (χ0) is 27.9. The van der Waals surface area contributed by atoms with Crippen molar-refractivity contribution in [1.29, 1.82) is 0 Å². The Bertz CT molecular complexity index is 2190. The topological polar surface area (TPSA) is 109 Å².